The number of hydrogen-bond acceptors (Lipinski definition) is 9. The summed E-state index contributed by atoms with van der Waals surface area (Å²) in [7, 11) is 3.06. The van der Waals surface area contributed by atoms with E-state index in [9.17, 15) is 39.2 Å². The molecule has 170 valence electrons. The molecule has 0 bridgehead atoms. The average molecular weight is 447 g/mol. The van der Waals surface area contributed by atoms with E-state index in [1.165, 1.54) is 19.0 Å². The highest BCUT2D eigenvalue weighted by Crippen LogP contribution is 2.52. The number of rotatable bonds is 2. The first-order valence-electron chi connectivity index (χ1n) is 9.78. The maximum absolute atomic E-state index is 14.1. The van der Waals surface area contributed by atoms with E-state index in [1.807, 2.05) is 0 Å². The van der Waals surface area contributed by atoms with E-state index < -0.39 is 75.3 Å². The molecule has 0 aromatic heterocycles. The number of aliphatic hydroxyl groups is 3. The summed E-state index contributed by atoms with van der Waals surface area (Å²) in [5, 5.41) is 43.4. The van der Waals surface area contributed by atoms with Gasteiger partial charge in [-0.05, 0) is 44.5 Å². The highest BCUT2D eigenvalue weighted by Gasteiger charge is 2.63. The molecular weight excluding hydrogens is 425 g/mol. The molecule has 0 heterocycles. The number of phenolic OH excluding ortho intramolecular Hbond substituents is 1. The van der Waals surface area contributed by atoms with Crippen molar-refractivity contribution >= 4 is 23.2 Å². The molecule has 4 rings (SSSR count). The third-order valence-electron chi connectivity index (χ3n) is 6.70. The Balaban J connectivity index is 1.98. The molecule has 1 aromatic rings. The minimum absolute atomic E-state index is 0.000696. The van der Waals surface area contributed by atoms with Gasteiger partial charge in [0.2, 0.25) is 5.78 Å². The van der Waals surface area contributed by atoms with Gasteiger partial charge >= 0.3 is 0 Å². The standard InChI is InChI=1S/C21H22FN3O7/c1-25(2)14-8-4-6-3-7-5-9(22)13(23)16(27)10(7)15(26)11(6)18(29)21(8,32)19(30)12(17(14)28)20(24)31/h5-6,8,14,27-29,32H,3-4,23H2,1-2H3,(H2,24,31)/t6-,8-,14-,21-/m0/s1. The van der Waals surface area contributed by atoms with Gasteiger partial charge in [0.15, 0.2) is 17.1 Å². The van der Waals surface area contributed by atoms with Gasteiger partial charge in [-0.1, -0.05) is 0 Å². The smallest absolute Gasteiger partial charge is 0.255 e. The van der Waals surface area contributed by atoms with Crippen molar-refractivity contribution in [1.82, 2.24) is 4.90 Å². The first kappa shape index (κ1) is 21.8. The van der Waals surface area contributed by atoms with Crippen molar-refractivity contribution in [3.63, 3.8) is 0 Å². The number of nitrogens with two attached hydrogens (primary N) is 2. The van der Waals surface area contributed by atoms with E-state index in [0.717, 1.165) is 6.07 Å². The molecule has 0 saturated heterocycles. The van der Waals surface area contributed by atoms with E-state index in [1.54, 1.807) is 0 Å². The quantitative estimate of drug-likeness (QED) is 0.203. The van der Waals surface area contributed by atoms with E-state index in [4.69, 9.17) is 11.5 Å². The number of phenols is 1. The number of nitrogen functional groups attached to an aromatic ring is 1. The highest BCUT2D eigenvalue weighted by molar-refractivity contribution is 6.24. The number of benzene rings is 1. The van der Waals surface area contributed by atoms with Crippen LogP contribution in [0.15, 0.2) is 28.7 Å². The molecule has 10 nitrogen and oxygen atoms in total. The summed E-state index contributed by atoms with van der Waals surface area (Å²) in [4.78, 5) is 39.7. The minimum atomic E-state index is -2.72. The minimum Gasteiger partial charge on any atom is -0.510 e. The predicted molar refractivity (Wildman–Crippen MR) is 108 cm³/mol. The molecule has 4 atom stereocenters. The number of anilines is 1. The molecule has 32 heavy (non-hydrogen) atoms. The lowest BCUT2D eigenvalue weighted by Crippen LogP contribution is -2.63. The summed E-state index contributed by atoms with van der Waals surface area (Å²) in [5.74, 6) is -8.79. The van der Waals surface area contributed by atoms with Crippen LogP contribution in [0.2, 0.25) is 0 Å². The van der Waals surface area contributed by atoms with Crippen molar-refractivity contribution in [2.75, 3.05) is 19.8 Å². The topological polar surface area (TPSA) is 187 Å². The first-order valence-corrected chi connectivity index (χ1v) is 9.78. The average Bonchev–Trinajstić information content (AvgIpc) is 2.68. The van der Waals surface area contributed by atoms with Gasteiger partial charge in [-0.2, -0.15) is 0 Å². The van der Waals surface area contributed by atoms with Gasteiger partial charge in [-0.25, -0.2) is 4.39 Å². The summed E-state index contributed by atoms with van der Waals surface area (Å²) in [5.41, 5.74) is 6.01. The third-order valence-corrected chi connectivity index (χ3v) is 6.70. The number of hydrogen-bond donors (Lipinski definition) is 6. The Morgan fingerprint density at radius 1 is 1.25 bits per heavy atom. The fraction of sp³-hybridized carbons (Fsp3) is 0.381. The molecule has 3 aliphatic rings. The Hall–Kier alpha value is -3.44. The second kappa shape index (κ2) is 6.78. The van der Waals surface area contributed by atoms with Crippen molar-refractivity contribution in [3.05, 3.63) is 45.7 Å². The zero-order chi connectivity index (χ0) is 23.9. The van der Waals surface area contributed by atoms with Crippen LogP contribution in [0.25, 0.3) is 0 Å². The molecule has 8 N–H and O–H groups in total. The third kappa shape index (κ3) is 2.55. The molecule has 1 amide bonds. The monoisotopic (exact) mass is 447 g/mol. The first-order chi connectivity index (χ1) is 14.8. The van der Waals surface area contributed by atoms with E-state index in [2.05, 4.69) is 0 Å². The molecule has 0 unspecified atom stereocenters. The molecule has 0 aliphatic heterocycles. The number of halogens is 1. The van der Waals surface area contributed by atoms with Crippen LogP contribution in [0.4, 0.5) is 10.1 Å². The molecular formula is C21H22FN3O7. The van der Waals surface area contributed by atoms with Crippen LogP contribution in [0, 0.1) is 17.7 Å². The number of likely N-dealkylation sites (N-methyl/N-ethyl adjacent to an activating group) is 1. The number of nitrogens with zero attached hydrogens (tertiary/aromatic N) is 1. The Labute approximate surface area is 181 Å². The van der Waals surface area contributed by atoms with Crippen LogP contribution in [-0.4, -0.2) is 68.5 Å². The van der Waals surface area contributed by atoms with Gasteiger partial charge in [-0.15, -0.1) is 0 Å². The van der Waals surface area contributed by atoms with E-state index in [-0.39, 0.29) is 29.5 Å². The number of fused-ring (bicyclic) bond motifs is 3. The van der Waals surface area contributed by atoms with Gasteiger partial charge in [-0.3, -0.25) is 19.3 Å². The molecule has 0 saturated carbocycles. The van der Waals surface area contributed by atoms with Gasteiger partial charge in [0, 0.05) is 11.5 Å². The molecule has 0 radical (unpaired) electrons. The lowest BCUT2D eigenvalue weighted by atomic mass is 9.58. The second-order valence-corrected chi connectivity index (χ2v) is 8.62. The van der Waals surface area contributed by atoms with Crippen molar-refractivity contribution in [1.29, 1.82) is 0 Å². The SMILES string of the molecule is CN(C)[C@@H]1C(O)=C(C(N)=O)C(=O)[C@@]2(O)C(O)=C3C(=O)c4c(cc(F)c(N)c4O)C[C@H]3C[C@@H]12. The predicted octanol–water partition coefficient (Wildman–Crippen LogP) is -0.158. The number of aromatic hydroxyl groups is 1. The molecule has 1 aromatic carbocycles. The van der Waals surface area contributed by atoms with Crippen LogP contribution in [0.3, 0.4) is 0 Å². The van der Waals surface area contributed by atoms with Gasteiger partial charge in [0.25, 0.3) is 5.91 Å². The maximum atomic E-state index is 14.1. The molecule has 0 fully saturated rings. The van der Waals surface area contributed by atoms with E-state index >= 15 is 0 Å². The highest BCUT2D eigenvalue weighted by atomic mass is 19.1. The number of primary amides is 1. The number of Topliss-reactive ketones (excluding diaryl/α,β-unsaturated/α-hetero) is 2. The van der Waals surface area contributed by atoms with Gasteiger partial charge < -0.3 is 31.9 Å². The zero-order valence-electron chi connectivity index (χ0n) is 17.2. The van der Waals surface area contributed by atoms with E-state index in [0.29, 0.717) is 0 Å². The lowest BCUT2D eigenvalue weighted by molar-refractivity contribution is -0.148. The Morgan fingerprint density at radius 3 is 2.44 bits per heavy atom. The summed E-state index contributed by atoms with van der Waals surface area (Å²) >= 11 is 0. The van der Waals surface area contributed by atoms with Crippen molar-refractivity contribution in [3.8, 4) is 5.75 Å². The fourth-order valence-electron chi connectivity index (χ4n) is 5.29. The Bertz CT molecular complexity index is 1170. The van der Waals surface area contributed by atoms with Crippen molar-refractivity contribution in [2.24, 2.45) is 17.6 Å². The normalized spacial score (nSPS) is 29.7. The second-order valence-electron chi connectivity index (χ2n) is 8.62. The summed E-state index contributed by atoms with van der Waals surface area (Å²) in [6.07, 6.45) is -0.0716. The van der Waals surface area contributed by atoms with Crippen LogP contribution in [-0.2, 0) is 16.0 Å². The number of carbonyl (C=O) groups is 3. The number of ketones is 2. The number of amides is 1. The Morgan fingerprint density at radius 2 is 1.88 bits per heavy atom. The van der Waals surface area contributed by atoms with Gasteiger partial charge in [0.05, 0.1) is 11.6 Å². The largest absolute Gasteiger partial charge is 0.510 e. The number of carbonyl (C=O) groups excluding carboxylic acids is 3. The van der Waals surface area contributed by atoms with Crippen LogP contribution in [0.1, 0.15) is 22.3 Å². The van der Waals surface area contributed by atoms with Crippen LogP contribution < -0.4 is 11.5 Å². The number of allylic oxidation sites excluding steroid dienone is 1. The lowest BCUT2D eigenvalue weighted by Gasteiger charge is -2.50. The molecule has 0 spiro atoms. The maximum Gasteiger partial charge on any atom is 0.255 e. The van der Waals surface area contributed by atoms with Crippen LogP contribution >= 0.6 is 0 Å². The summed E-state index contributed by atoms with van der Waals surface area (Å²) in [6.45, 7) is 0. The zero-order valence-corrected chi connectivity index (χ0v) is 17.2. The summed E-state index contributed by atoms with van der Waals surface area (Å²) < 4.78 is 14.1. The molecule has 11 heteroatoms. The summed E-state index contributed by atoms with van der Waals surface area (Å²) in [6, 6.07) is -0.0634. The van der Waals surface area contributed by atoms with Crippen molar-refractivity contribution < 1.29 is 39.2 Å². The number of aliphatic hydroxyl groups excluding tert-OH is 2. The molecule has 3 aliphatic carbocycles. The van der Waals surface area contributed by atoms with Gasteiger partial charge in [0.1, 0.15) is 28.6 Å². The Kier molecular flexibility index (Phi) is 4.61. The van der Waals surface area contributed by atoms with Crippen LogP contribution in [0.5, 0.6) is 5.75 Å². The van der Waals surface area contributed by atoms with Crippen molar-refractivity contribution in [2.45, 2.75) is 24.5 Å². The fourth-order valence-corrected chi connectivity index (χ4v) is 5.29.